The highest BCUT2D eigenvalue weighted by molar-refractivity contribution is 5.54. The maximum atomic E-state index is 6.27. The maximum Gasteiger partial charge on any atom is 0.231 e. The summed E-state index contributed by atoms with van der Waals surface area (Å²) in [6.07, 6.45) is 1.94. The second-order valence-electron chi connectivity index (χ2n) is 6.66. The maximum absolute atomic E-state index is 6.27. The molecule has 1 aromatic rings. The number of likely N-dealkylation sites (N-methyl/N-ethyl adjacent to an activating group) is 1. The predicted octanol–water partition coefficient (Wildman–Crippen LogP) is 2.56. The highest BCUT2D eigenvalue weighted by atomic mass is 16.7. The lowest BCUT2D eigenvalue weighted by molar-refractivity contribution is 0.0438. The Hall–Kier alpha value is -1.46. The summed E-state index contributed by atoms with van der Waals surface area (Å²) in [7, 11) is 4.18. The van der Waals surface area contributed by atoms with Gasteiger partial charge in [0.15, 0.2) is 11.5 Å². The molecule has 5 heteroatoms. The number of nitrogens with zero attached hydrogens (tertiary/aromatic N) is 1. The van der Waals surface area contributed by atoms with E-state index in [2.05, 4.69) is 44.2 Å². The highest BCUT2D eigenvalue weighted by Gasteiger charge is 2.37. The normalized spacial score (nSPS) is 26.0. The van der Waals surface area contributed by atoms with E-state index in [0.29, 0.717) is 6.79 Å². The van der Waals surface area contributed by atoms with Crippen LogP contribution >= 0.6 is 0 Å². The fourth-order valence-electron chi connectivity index (χ4n) is 3.01. The molecule has 2 unspecified atom stereocenters. The first-order chi connectivity index (χ1) is 10.5. The lowest BCUT2D eigenvalue weighted by atomic mass is 9.86. The van der Waals surface area contributed by atoms with Crippen LogP contribution in [0.15, 0.2) is 12.1 Å². The minimum Gasteiger partial charge on any atom is -0.487 e. The van der Waals surface area contributed by atoms with E-state index >= 15 is 0 Å². The Morgan fingerprint density at radius 2 is 1.95 bits per heavy atom. The van der Waals surface area contributed by atoms with Crippen LogP contribution in [0, 0.1) is 0 Å². The van der Waals surface area contributed by atoms with Gasteiger partial charge in [-0.1, -0.05) is 6.92 Å². The van der Waals surface area contributed by atoms with Crippen LogP contribution in [-0.2, 0) is 0 Å². The van der Waals surface area contributed by atoms with E-state index in [-0.39, 0.29) is 11.6 Å². The van der Waals surface area contributed by atoms with Gasteiger partial charge in [0, 0.05) is 37.2 Å². The standard InChI is InChI=1S/C17H26N2O3/c1-5-17(2)10-13(18-6-7-19(3)4)12-8-15-16(21-11-20-15)9-14(12)22-17/h8-9,13,18H,5-7,10-11H2,1-4H3. The van der Waals surface area contributed by atoms with Gasteiger partial charge < -0.3 is 24.4 Å². The molecule has 2 aliphatic rings. The molecule has 0 fully saturated rings. The average molecular weight is 306 g/mol. The van der Waals surface area contributed by atoms with Crippen LogP contribution in [0.5, 0.6) is 17.2 Å². The van der Waals surface area contributed by atoms with E-state index in [1.54, 1.807) is 0 Å². The molecule has 0 amide bonds. The number of fused-ring (bicyclic) bond motifs is 2. The van der Waals surface area contributed by atoms with Crippen molar-refractivity contribution in [2.75, 3.05) is 34.0 Å². The van der Waals surface area contributed by atoms with Crippen molar-refractivity contribution in [2.24, 2.45) is 0 Å². The summed E-state index contributed by atoms with van der Waals surface area (Å²) in [6.45, 7) is 6.61. The molecule has 0 saturated heterocycles. The van der Waals surface area contributed by atoms with Crippen LogP contribution in [0.3, 0.4) is 0 Å². The van der Waals surface area contributed by atoms with Gasteiger partial charge in [-0.05, 0) is 33.5 Å². The van der Waals surface area contributed by atoms with Crippen molar-refractivity contribution in [3.63, 3.8) is 0 Å². The number of ether oxygens (including phenoxy) is 3. The van der Waals surface area contributed by atoms with Crippen molar-refractivity contribution >= 4 is 0 Å². The second kappa shape index (κ2) is 5.97. The molecule has 2 atom stereocenters. The van der Waals surface area contributed by atoms with Crippen LogP contribution in [0.1, 0.15) is 38.3 Å². The molecule has 0 saturated carbocycles. The van der Waals surface area contributed by atoms with E-state index < -0.39 is 0 Å². The zero-order chi connectivity index (χ0) is 15.7. The first-order valence-corrected chi connectivity index (χ1v) is 8.01. The van der Waals surface area contributed by atoms with Gasteiger partial charge in [0.05, 0.1) is 0 Å². The lowest BCUT2D eigenvalue weighted by Gasteiger charge is -2.40. The molecule has 0 aromatic heterocycles. The molecule has 1 aromatic carbocycles. The largest absolute Gasteiger partial charge is 0.487 e. The van der Waals surface area contributed by atoms with Crippen LogP contribution < -0.4 is 19.5 Å². The van der Waals surface area contributed by atoms with Crippen LogP contribution in [0.4, 0.5) is 0 Å². The van der Waals surface area contributed by atoms with Crippen LogP contribution in [0.2, 0.25) is 0 Å². The minimum atomic E-state index is -0.142. The van der Waals surface area contributed by atoms with Gasteiger partial charge in [-0.25, -0.2) is 0 Å². The van der Waals surface area contributed by atoms with Crippen molar-refractivity contribution in [3.8, 4) is 17.2 Å². The second-order valence-corrected chi connectivity index (χ2v) is 6.66. The van der Waals surface area contributed by atoms with Crippen molar-refractivity contribution in [1.29, 1.82) is 0 Å². The van der Waals surface area contributed by atoms with E-state index in [1.807, 2.05) is 6.07 Å². The fraction of sp³-hybridized carbons (Fsp3) is 0.647. The Kier molecular flexibility index (Phi) is 4.19. The molecule has 1 N–H and O–H groups in total. The Morgan fingerprint density at radius 1 is 1.23 bits per heavy atom. The third kappa shape index (κ3) is 3.01. The lowest BCUT2D eigenvalue weighted by Crippen LogP contribution is -2.42. The Morgan fingerprint density at radius 3 is 2.64 bits per heavy atom. The molecular formula is C17H26N2O3. The number of hydrogen-bond acceptors (Lipinski definition) is 5. The first kappa shape index (κ1) is 15.4. The third-order valence-electron chi connectivity index (χ3n) is 4.57. The molecule has 3 rings (SSSR count). The molecular weight excluding hydrogens is 280 g/mol. The Labute approximate surface area is 132 Å². The van der Waals surface area contributed by atoms with Gasteiger partial charge in [0.2, 0.25) is 6.79 Å². The summed E-state index contributed by atoms with van der Waals surface area (Å²) in [5.74, 6) is 2.52. The van der Waals surface area contributed by atoms with Crippen molar-refractivity contribution < 1.29 is 14.2 Å². The fourth-order valence-corrected chi connectivity index (χ4v) is 3.01. The van der Waals surface area contributed by atoms with Crippen molar-refractivity contribution in [1.82, 2.24) is 10.2 Å². The number of hydrogen-bond donors (Lipinski definition) is 1. The number of benzene rings is 1. The summed E-state index contributed by atoms with van der Waals surface area (Å²) >= 11 is 0. The molecule has 122 valence electrons. The highest BCUT2D eigenvalue weighted by Crippen LogP contribution is 2.47. The van der Waals surface area contributed by atoms with Gasteiger partial charge in [-0.3, -0.25) is 0 Å². The monoisotopic (exact) mass is 306 g/mol. The van der Waals surface area contributed by atoms with E-state index in [9.17, 15) is 0 Å². The summed E-state index contributed by atoms with van der Waals surface area (Å²) in [5.41, 5.74) is 1.03. The minimum absolute atomic E-state index is 0.142. The van der Waals surface area contributed by atoms with Crippen LogP contribution in [0.25, 0.3) is 0 Å². The zero-order valence-electron chi connectivity index (χ0n) is 13.9. The van der Waals surface area contributed by atoms with E-state index in [0.717, 1.165) is 43.2 Å². The molecule has 2 aliphatic heterocycles. The molecule has 0 radical (unpaired) electrons. The summed E-state index contributed by atoms with van der Waals surface area (Å²) in [5, 5.41) is 3.67. The smallest absolute Gasteiger partial charge is 0.231 e. The number of rotatable bonds is 5. The van der Waals surface area contributed by atoms with Gasteiger partial charge in [0.1, 0.15) is 11.4 Å². The molecule has 5 nitrogen and oxygen atoms in total. The SMILES string of the molecule is CCC1(C)CC(NCCN(C)C)c2cc3c(cc2O1)OCO3. The molecule has 0 bridgehead atoms. The predicted molar refractivity (Wildman–Crippen MR) is 85.8 cm³/mol. The summed E-state index contributed by atoms with van der Waals surface area (Å²) in [4.78, 5) is 2.19. The van der Waals surface area contributed by atoms with Gasteiger partial charge in [0.25, 0.3) is 0 Å². The van der Waals surface area contributed by atoms with Gasteiger partial charge in [-0.2, -0.15) is 0 Å². The van der Waals surface area contributed by atoms with E-state index in [4.69, 9.17) is 14.2 Å². The van der Waals surface area contributed by atoms with Gasteiger partial charge >= 0.3 is 0 Å². The van der Waals surface area contributed by atoms with Crippen molar-refractivity contribution in [3.05, 3.63) is 17.7 Å². The molecule has 2 heterocycles. The first-order valence-electron chi connectivity index (χ1n) is 8.01. The summed E-state index contributed by atoms with van der Waals surface area (Å²) < 4.78 is 17.3. The third-order valence-corrected chi connectivity index (χ3v) is 4.57. The molecule has 0 aliphatic carbocycles. The van der Waals surface area contributed by atoms with Gasteiger partial charge in [-0.15, -0.1) is 0 Å². The summed E-state index contributed by atoms with van der Waals surface area (Å²) in [6, 6.07) is 4.33. The zero-order valence-corrected chi connectivity index (χ0v) is 13.9. The Balaban J connectivity index is 1.86. The quantitative estimate of drug-likeness (QED) is 0.905. The topological polar surface area (TPSA) is 43.0 Å². The molecule has 22 heavy (non-hydrogen) atoms. The molecule has 0 spiro atoms. The van der Waals surface area contributed by atoms with Crippen molar-refractivity contribution in [2.45, 2.75) is 38.3 Å². The van der Waals surface area contributed by atoms with E-state index in [1.165, 1.54) is 5.56 Å². The van der Waals surface area contributed by atoms with Crippen LogP contribution in [-0.4, -0.2) is 44.5 Å². The average Bonchev–Trinajstić information content (AvgIpc) is 2.92. The Bertz CT molecular complexity index is 547. The number of nitrogens with one attached hydrogen (secondary N) is 1.